The van der Waals surface area contributed by atoms with E-state index in [0.717, 1.165) is 50.0 Å². The molecule has 1 N–H and O–H groups in total. The molecule has 3 rings (SSSR count). The highest BCUT2D eigenvalue weighted by Crippen LogP contribution is 2.31. The zero-order valence-corrected chi connectivity index (χ0v) is 16.6. The number of aliphatic carboxylic acids is 1. The number of hydrogen-bond acceptors (Lipinski definition) is 4. The average molecular weight is 397 g/mol. The van der Waals surface area contributed by atoms with Crippen LogP contribution >= 0.6 is 12.4 Å². The molecule has 2 atom stereocenters. The number of halogens is 1. The Morgan fingerprint density at radius 3 is 2.48 bits per heavy atom. The topological polar surface area (TPSA) is 70.1 Å². The number of rotatable bonds is 5. The van der Waals surface area contributed by atoms with Crippen molar-refractivity contribution in [2.24, 2.45) is 0 Å². The van der Waals surface area contributed by atoms with Gasteiger partial charge >= 0.3 is 5.97 Å². The van der Waals surface area contributed by atoms with E-state index in [1.165, 1.54) is 0 Å². The monoisotopic (exact) mass is 396 g/mol. The van der Waals surface area contributed by atoms with E-state index in [1.807, 2.05) is 34.1 Å². The van der Waals surface area contributed by atoms with Gasteiger partial charge in [-0.3, -0.25) is 14.5 Å². The van der Waals surface area contributed by atoms with Crippen LogP contribution < -0.4 is 4.74 Å². The van der Waals surface area contributed by atoms with E-state index in [4.69, 9.17) is 4.74 Å². The van der Waals surface area contributed by atoms with Crippen molar-refractivity contribution in [3.05, 3.63) is 29.8 Å². The molecule has 1 amide bonds. The van der Waals surface area contributed by atoms with Crippen LogP contribution in [0.1, 0.15) is 50.1 Å². The fourth-order valence-electron chi connectivity index (χ4n) is 4.14. The van der Waals surface area contributed by atoms with Crippen LogP contribution in [0.3, 0.4) is 0 Å². The molecule has 0 bridgehead atoms. The standard InChI is InChI=1S/C20H28N2O4.ClH/c1-26-16-10-8-15(9-11-16)17-6-3-2-4-13-22(17)19(23)14-21-12-5-7-18(21)20(24)25;/h8-11,17-18H,2-7,12-14H2,1H3,(H,24,25);1H/t17?,18-;/m1./s1. The lowest BCUT2D eigenvalue weighted by Crippen LogP contribution is -2.45. The fraction of sp³-hybridized carbons (Fsp3) is 0.600. The molecule has 2 aliphatic heterocycles. The summed E-state index contributed by atoms with van der Waals surface area (Å²) in [5.41, 5.74) is 1.12. The maximum absolute atomic E-state index is 13.0. The molecule has 2 saturated heterocycles. The normalized spacial score (nSPS) is 23.4. The molecule has 2 aliphatic rings. The van der Waals surface area contributed by atoms with Gasteiger partial charge in [-0.2, -0.15) is 0 Å². The SMILES string of the molecule is COc1ccc(C2CCCCCN2C(=O)CN2CCC[C@@H]2C(=O)O)cc1.Cl. The smallest absolute Gasteiger partial charge is 0.320 e. The van der Waals surface area contributed by atoms with Crippen molar-refractivity contribution >= 4 is 24.3 Å². The molecule has 0 spiro atoms. The Labute approximate surface area is 166 Å². The second-order valence-electron chi connectivity index (χ2n) is 7.19. The molecule has 27 heavy (non-hydrogen) atoms. The lowest BCUT2D eigenvalue weighted by Gasteiger charge is -2.32. The number of nitrogens with zero attached hydrogens (tertiary/aromatic N) is 2. The van der Waals surface area contributed by atoms with Crippen LogP contribution in [0.5, 0.6) is 5.75 Å². The van der Waals surface area contributed by atoms with E-state index < -0.39 is 12.0 Å². The summed E-state index contributed by atoms with van der Waals surface area (Å²) in [6, 6.07) is 7.47. The maximum Gasteiger partial charge on any atom is 0.320 e. The minimum Gasteiger partial charge on any atom is -0.497 e. The van der Waals surface area contributed by atoms with Crippen LogP contribution in [0.4, 0.5) is 0 Å². The van der Waals surface area contributed by atoms with Crippen LogP contribution in [-0.2, 0) is 9.59 Å². The third-order valence-corrected chi connectivity index (χ3v) is 5.56. The van der Waals surface area contributed by atoms with E-state index in [1.54, 1.807) is 7.11 Å². The number of carbonyl (C=O) groups is 2. The first-order chi connectivity index (χ1) is 12.6. The van der Waals surface area contributed by atoms with Crippen LogP contribution in [0, 0.1) is 0 Å². The summed E-state index contributed by atoms with van der Waals surface area (Å²) >= 11 is 0. The van der Waals surface area contributed by atoms with Crippen LogP contribution in [0.15, 0.2) is 24.3 Å². The first-order valence-corrected chi connectivity index (χ1v) is 9.50. The number of methoxy groups -OCH3 is 1. The number of benzene rings is 1. The lowest BCUT2D eigenvalue weighted by atomic mass is 10.0. The van der Waals surface area contributed by atoms with E-state index in [-0.39, 0.29) is 30.9 Å². The van der Waals surface area contributed by atoms with Crippen molar-refractivity contribution in [3.8, 4) is 5.75 Å². The minimum atomic E-state index is -0.821. The zero-order chi connectivity index (χ0) is 18.5. The molecule has 1 aromatic rings. The van der Waals surface area contributed by atoms with Gasteiger partial charge in [0.25, 0.3) is 0 Å². The number of carboxylic acids is 1. The van der Waals surface area contributed by atoms with Crippen LogP contribution in [0.2, 0.25) is 0 Å². The van der Waals surface area contributed by atoms with E-state index in [9.17, 15) is 14.7 Å². The van der Waals surface area contributed by atoms with Gasteiger partial charge in [0.2, 0.25) is 5.91 Å². The van der Waals surface area contributed by atoms with E-state index >= 15 is 0 Å². The summed E-state index contributed by atoms with van der Waals surface area (Å²) in [7, 11) is 1.64. The number of likely N-dealkylation sites (tertiary alicyclic amines) is 2. The van der Waals surface area contributed by atoms with E-state index in [2.05, 4.69) is 0 Å². The molecular weight excluding hydrogens is 368 g/mol. The van der Waals surface area contributed by atoms with Gasteiger partial charge < -0.3 is 14.7 Å². The van der Waals surface area contributed by atoms with Crippen molar-refractivity contribution < 1.29 is 19.4 Å². The molecule has 1 aromatic carbocycles. The second-order valence-corrected chi connectivity index (χ2v) is 7.19. The predicted octanol–water partition coefficient (Wildman–Crippen LogP) is 3.11. The van der Waals surface area contributed by atoms with Gasteiger partial charge in [-0.15, -0.1) is 12.4 Å². The van der Waals surface area contributed by atoms with Gasteiger partial charge in [-0.25, -0.2) is 0 Å². The summed E-state index contributed by atoms with van der Waals surface area (Å²) in [6.07, 6.45) is 5.64. The third-order valence-electron chi connectivity index (χ3n) is 5.56. The molecular formula is C20H29ClN2O4. The Balaban J connectivity index is 0.00000261. The maximum atomic E-state index is 13.0. The first kappa shape index (κ1) is 21.5. The zero-order valence-electron chi connectivity index (χ0n) is 15.8. The van der Waals surface area contributed by atoms with Gasteiger partial charge in [0.1, 0.15) is 11.8 Å². The Morgan fingerprint density at radius 1 is 1.07 bits per heavy atom. The highest BCUT2D eigenvalue weighted by molar-refractivity contribution is 5.85. The molecule has 6 nitrogen and oxygen atoms in total. The summed E-state index contributed by atoms with van der Waals surface area (Å²) in [5.74, 6) is 0.0281. The van der Waals surface area contributed by atoms with E-state index in [0.29, 0.717) is 13.0 Å². The van der Waals surface area contributed by atoms with Gasteiger partial charge in [-0.05, 0) is 49.9 Å². The quantitative estimate of drug-likeness (QED) is 0.828. The molecule has 0 aromatic heterocycles. The van der Waals surface area contributed by atoms with Crippen molar-refractivity contribution in [1.29, 1.82) is 0 Å². The molecule has 150 valence electrons. The van der Waals surface area contributed by atoms with Gasteiger partial charge in [-0.1, -0.05) is 25.0 Å². The van der Waals surface area contributed by atoms with Crippen molar-refractivity contribution in [1.82, 2.24) is 9.80 Å². The lowest BCUT2D eigenvalue weighted by molar-refractivity contribution is -0.143. The number of carbonyl (C=O) groups excluding carboxylic acids is 1. The summed E-state index contributed by atoms with van der Waals surface area (Å²) in [5, 5.41) is 9.35. The Morgan fingerprint density at radius 2 is 1.81 bits per heavy atom. The third kappa shape index (κ3) is 5.14. The van der Waals surface area contributed by atoms with Crippen molar-refractivity contribution in [3.63, 3.8) is 0 Å². The number of hydrogen-bond donors (Lipinski definition) is 1. The highest BCUT2D eigenvalue weighted by Gasteiger charge is 2.34. The number of carboxylic acid groups (broad SMARTS) is 1. The fourth-order valence-corrected chi connectivity index (χ4v) is 4.14. The van der Waals surface area contributed by atoms with Gasteiger partial charge in [0.15, 0.2) is 0 Å². The summed E-state index contributed by atoms with van der Waals surface area (Å²) in [6.45, 7) is 1.62. The number of ether oxygens (including phenoxy) is 1. The molecule has 2 fully saturated rings. The van der Waals surface area contributed by atoms with Crippen molar-refractivity contribution in [2.75, 3.05) is 26.7 Å². The van der Waals surface area contributed by atoms with Gasteiger partial charge in [0.05, 0.1) is 19.7 Å². The molecule has 2 heterocycles. The summed E-state index contributed by atoms with van der Waals surface area (Å²) < 4.78 is 5.24. The highest BCUT2D eigenvalue weighted by atomic mass is 35.5. The molecule has 0 aliphatic carbocycles. The second kappa shape index (κ2) is 9.95. The molecule has 0 saturated carbocycles. The van der Waals surface area contributed by atoms with Gasteiger partial charge in [0, 0.05) is 6.54 Å². The van der Waals surface area contributed by atoms with Crippen LogP contribution in [0.25, 0.3) is 0 Å². The molecule has 1 unspecified atom stereocenters. The first-order valence-electron chi connectivity index (χ1n) is 9.50. The van der Waals surface area contributed by atoms with Crippen LogP contribution in [-0.4, -0.2) is 59.6 Å². The predicted molar refractivity (Wildman–Crippen MR) is 105 cm³/mol. The molecule has 0 radical (unpaired) electrons. The molecule has 7 heteroatoms. The Bertz CT molecular complexity index is 637. The average Bonchev–Trinajstić information content (AvgIpc) is 2.97. The Kier molecular flexibility index (Phi) is 7.92. The Hall–Kier alpha value is -1.79. The number of amides is 1. The largest absolute Gasteiger partial charge is 0.497 e. The van der Waals surface area contributed by atoms with Crippen molar-refractivity contribution in [2.45, 2.75) is 50.6 Å². The minimum absolute atomic E-state index is 0. The summed E-state index contributed by atoms with van der Waals surface area (Å²) in [4.78, 5) is 28.2.